The quantitative estimate of drug-likeness (QED) is 0.779. The van der Waals surface area contributed by atoms with Gasteiger partial charge in [-0.2, -0.15) is 11.8 Å². The molecule has 2 amide bonds. The van der Waals surface area contributed by atoms with Crippen LogP contribution in [0.3, 0.4) is 0 Å². The average molecular weight is 290 g/mol. The number of hydrogen-bond donors (Lipinski definition) is 2. The predicted molar refractivity (Wildman–Crippen MR) is 74.4 cm³/mol. The molecule has 6 nitrogen and oxygen atoms in total. The fourth-order valence-electron chi connectivity index (χ4n) is 2.02. The highest BCUT2D eigenvalue weighted by Crippen LogP contribution is 2.19. The lowest BCUT2D eigenvalue weighted by molar-refractivity contribution is -0.141. The lowest BCUT2D eigenvalue weighted by Crippen LogP contribution is -2.56. The number of carboxylic acid groups (broad SMARTS) is 1. The van der Waals surface area contributed by atoms with Gasteiger partial charge in [0.1, 0.15) is 6.04 Å². The number of carboxylic acids is 1. The van der Waals surface area contributed by atoms with Gasteiger partial charge < -0.3 is 20.0 Å². The smallest absolute Gasteiger partial charge is 0.327 e. The van der Waals surface area contributed by atoms with Crippen LogP contribution in [0.15, 0.2) is 0 Å². The van der Waals surface area contributed by atoms with Crippen LogP contribution in [-0.2, 0) is 4.79 Å². The van der Waals surface area contributed by atoms with Gasteiger partial charge in [-0.3, -0.25) is 0 Å². The summed E-state index contributed by atoms with van der Waals surface area (Å²) in [5, 5.41) is 18.1. The number of amides is 2. The van der Waals surface area contributed by atoms with E-state index < -0.39 is 12.0 Å². The highest BCUT2D eigenvalue weighted by molar-refractivity contribution is 7.99. The maximum atomic E-state index is 12.5. The summed E-state index contributed by atoms with van der Waals surface area (Å²) >= 11 is 1.56. The average Bonchev–Trinajstić information content (AvgIpc) is 2.38. The van der Waals surface area contributed by atoms with Gasteiger partial charge in [-0.25, -0.2) is 9.59 Å². The molecule has 2 N–H and O–H groups in total. The van der Waals surface area contributed by atoms with Crippen LogP contribution in [0.5, 0.6) is 0 Å². The SMILES string of the molecule is CC(C)N(CCCO)C(=O)N1CCSCC1C(=O)O. The number of urea groups is 1. The van der Waals surface area contributed by atoms with Gasteiger partial charge in [-0.05, 0) is 20.3 Å². The largest absolute Gasteiger partial charge is 0.480 e. The highest BCUT2D eigenvalue weighted by atomic mass is 32.2. The number of hydrogen-bond acceptors (Lipinski definition) is 4. The van der Waals surface area contributed by atoms with Gasteiger partial charge in [0.2, 0.25) is 0 Å². The van der Waals surface area contributed by atoms with Crippen LogP contribution in [-0.4, -0.2) is 75.3 Å². The van der Waals surface area contributed by atoms with Crippen molar-refractivity contribution in [3.05, 3.63) is 0 Å². The predicted octanol–water partition coefficient (Wildman–Crippen LogP) is 0.701. The molecule has 1 aliphatic rings. The van der Waals surface area contributed by atoms with E-state index in [4.69, 9.17) is 5.11 Å². The maximum Gasteiger partial charge on any atom is 0.327 e. The molecule has 0 saturated carbocycles. The second-order valence-corrected chi connectivity index (χ2v) is 5.92. The second-order valence-electron chi connectivity index (χ2n) is 4.77. The summed E-state index contributed by atoms with van der Waals surface area (Å²) in [6, 6.07) is -0.999. The van der Waals surface area contributed by atoms with Crippen LogP contribution >= 0.6 is 11.8 Å². The Kier molecular flexibility index (Phi) is 6.44. The Morgan fingerprint density at radius 1 is 1.47 bits per heavy atom. The topological polar surface area (TPSA) is 81.1 Å². The molecule has 0 radical (unpaired) electrons. The molecule has 0 aromatic heterocycles. The van der Waals surface area contributed by atoms with Crippen molar-refractivity contribution in [2.24, 2.45) is 0 Å². The van der Waals surface area contributed by atoms with Crippen molar-refractivity contribution in [2.75, 3.05) is 31.2 Å². The van der Waals surface area contributed by atoms with Crippen molar-refractivity contribution in [2.45, 2.75) is 32.4 Å². The van der Waals surface area contributed by atoms with E-state index in [0.717, 1.165) is 5.75 Å². The van der Waals surface area contributed by atoms with Crippen LogP contribution in [0, 0.1) is 0 Å². The van der Waals surface area contributed by atoms with Crippen molar-refractivity contribution in [1.29, 1.82) is 0 Å². The molecule has 0 spiro atoms. The van der Waals surface area contributed by atoms with Crippen molar-refractivity contribution in [1.82, 2.24) is 9.80 Å². The standard InChI is InChI=1S/C12H22N2O4S/c1-9(2)13(4-3-6-15)12(18)14-5-7-19-8-10(14)11(16)17/h9-10,15H,3-8H2,1-2H3,(H,16,17). The number of rotatable bonds is 5. The molecule has 1 aliphatic heterocycles. The Balaban J connectivity index is 2.78. The first-order valence-corrected chi connectivity index (χ1v) is 7.63. The normalized spacial score (nSPS) is 19.6. The van der Waals surface area contributed by atoms with Gasteiger partial charge in [-0.1, -0.05) is 0 Å². The van der Waals surface area contributed by atoms with E-state index in [1.54, 1.807) is 16.7 Å². The van der Waals surface area contributed by atoms with Crippen molar-refractivity contribution >= 4 is 23.8 Å². The molecular formula is C12H22N2O4S. The summed E-state index contributed by atoms with van der Waals surface area (Å²) in [7, 11) is 0. The van der Waals surface area contributed by atoms with Gasteiger partial charge in [0.25, 0.3) is 0 Å². The molecule has 0 aliphatic carbocycles. The summed E-state index contributed by atoms with van der Waals surface area (Å²) in [6.07, 6.45) is 0.504. The Morgan fingerprint density at radius 2 is 2.16 bits per heavy atom. The molecule has 1 atom stereocenters. The minimum atomic E-state index is -0.952. The Morgan fingerprint density at radius 3 is 2.68 bits per heavy atom. The summed E-state index contributed by atoms with van der Waals surface area (Å²) in [5.74, 6) is 0.250. The molecule has 0 aromatic rings. The molecular weight excluding hydrogens is 268 g/mol. The molecule has 1 saturated heterocycles. The molecule has 0 bridgehead atoms. The Bertz CT molecular complexity index is 325. The van der Waals surface area contributed by atoms with E-state index in [9.17, 15) is 14.7 Å². The van der Waals surface area contributed by atoms with Crippen molar-refractivity contribution in [3.8, 4) is 0 Å². The van der Waals surface area contributed by atoms with Crippen LogP contribution in [0.25, 0.3) is 0 Å². The highest BCUT2D eigenvalue weighted by Gasteiger charge is 2.35. The molecule has 1 fully saturated rings. The van der Waals surface area contributed by atoms with Crippen LogP contribution in [0.2, 0.25) is 0 Å². The Labute approximate surface area is 117 Å². The summed E-state index contributed by atoms with van der Waals surface area (Å²) < 4.78 is 0. The van der Waals surface area contributed by atoms with Gasteiger partial charge in [0, 0.05) is 37.2 Å². The van der Waals surface area contributed by atoms with E-state index in [-0.39, 0.29) is 18.7 Å². The lowest BCUT2D eigenvalue weighted by atomic mass is 10.2. The third-order valence-electron chi connectivity index (χ3n) is 3.09. The monoisotopic (exact) mass is 290 g/mol. The summed E-state index contributed by atoms with van der Waals surface area (Å²) in [4.78, 5) is 26.7. The maximum absolute atomic E-state index is 12.5. The fraction of sp³-hybridized carbons (Fsp3) is 0.833. The van der Waals surface area contributed by atoms with E-state index >= 15 is 0 Å². The zero-order chi connectivity index (χ0) is 14.4. The number of carbonyl (C=O) groups is 2. The van der Waals surface area contributed by atoms with Crippen molar-refractivity contribution in [3.63, 3.8) is 0 Å². The molecule has 1 rings (SSSR count). The fourth-order valence-corrected chi connectivity index (χ4v) is 3.06. The van der Waals surface area contributed by atoms with Gasteiger partial charge >= 0.3 is 12.0 Å². The number of aliphatic carboxylic acids is 1. The van der Waals surface area contributed by atoms with E-state index in [2.05, 4.69) is 0 Å². The van der Waals surface area contributed by atoms with Gasteiger partial charge in [0.15, 0.2) is 0 Å². The van der Waals surface area contributed by atoms with Crippen molar-refractivity contribution < 1.29 is 19.8 Å². The molecule has 0 aromatic carbocycles. The van der Waals surface area contributed by atoms with Crippen LogP contribution < -0.4 is 0 Å². The Hall–Kier alpha value is -0.950. The third kappa shape index (κ3) is 4.28. The number of carbonyl (C=O) groups excluding carboxylic acids is 1. The zero-order valence-electron chi connectivity index (χ0n) is 11.4. The van der Waals surface area contributed by atoms with E-state index in [1.165, 1.54) is 4.90 Å². The van der Waals surface area contributed by atoms with Gasteiger partial charge in [-0.15, -0.1) is 0 Å². The zero-order valence-corrected chi connectivity index (χ0v) is 12.2. The molecule has 7 heteroatoms. The number of aliphatic hydroxyl groups is 1. The third-order valence-corrected chi connectivity index (χ3v) is 4.11. The minimum Gasteiger partial charge on any atom is -0.480 e. The summed E-state index contributed by atoms with van der Waals surface area (Å²) in [6.45, 7) is 4.72. The van der Waals surface area contributed by atoms with Crippen LogP contribution in [0.4, 0.5) is 4.79 Å². The van der Waals surface area contributed by atoms with E-state index in [0.29, 0.717) is 25.3 Å². The lowest BCUT2D eigenvalue weighted by Gasteiger charge is -2.38. The molecule has 110 valence electrons. The molecule has 19 heavy (non-hydrogen) atoms. The first-order chi connectivity index (χ1) is 8.99. The van der Waals surface area contributed by atoms with Gasteiger partial charge in [0.05, 0.1) is 0 Å². The minimum absolute atomic E-state index is 0.0110. The molecule has 1 unspecified atom stereocenters. The van der Waals surface area contributed by atoms with E-state index in [1.807, 2.05) is 13.8 Å². The first kappa shape index (κ1) is 16.1. The second kappa shape index (κ2) is 7.59. The first-order valence-electron chi connectivity index (χ1n) is 6.47. The number of thioether (sulfide) groups is 1. The number of nitrogens with zero attached hydrogens (tertiary/aromatic N) is 2. The molecule has 1 heterocycles. The summed E-state index contributed by atoms with van der Waals surface area (Å²) in [5.41, 5.74) is 0. The number of aliphatic hydroxyl groups excluding tert-OH is 1. The van der Waals surface area contributed by atoms with Crippen LogP contribution in [0.1, 0.15) is 20.3 Å².